The molecule has 0 heterocycles. The Bertz CT molecular complexity index is 1080. The van der Waals surface area contributed by atoms with Crippen LogP contribution in [0.5, 0.6) is 0 Å². The van der Waals surface area contributed by atoms with E-state index in [1.165, 1.54) is 42.4 Å². The van der Waals surface area contributed by atoms with Gasteiger partial charge in [-0.2, -0.15) is 0 Å². The SMILES string of the molecule is CC(C)(C)CCCc1ccccc1.CC(CC(C)(C)C)c1ccc(Cl)cc1.CC(Cc1ccc(Cl)cc1)C(C)(C)C. The van der Waals surface area contributed by atoms with Crippen molar-refractivity contribution >= 4 is 23.2 Å². The van der Waals surface area contributed by atoms with E-state index in [9.17, 15) is 0 Å². The van der Waals surface area contributed by atoms with Gasteiger partial charge in [-0.05, 0) is 101 Å². The van der Waals surface area contributed by atoms with Crippen LogP contribution in [-0.2, 0) is 12.8 Å². The second-order valence-corrected chi connectivity index (χ2v) is 16.1. The first kappa shape index (κ1) is 37.3. The van der Waals surface area contributed by atoms with E-state index in [2.05, 4.69) is 131 Å². The maximum absolute atomic E-state index is 5.85. The molecule has 0 amide bonds. The van der Waals surface area contributed by atoms with Gasteiger partial charge in [-0.15, -0.1) is 0 Å². The summed E-state index contributed by atoms with van der Waals surface area (Å²) in [5.41, 5.74) is 5.46. The van der Waals surface area contributed by atoms with Crippen LogP contribution in [0.3, 0.4) is 0 Å². The molecule has 0 aliphatic rings. The fraction of sp³-hybridized carbons (Fsp3) is 0.538. The Morgan fingerprint density at radius 2 is 1.07 bits per heavy atom. The summed E-state index contributed by atoms with van der Waals surface area (Å²) in [5.74, 6) is 1.29. The van der Waals surface area contributed by atoms with Crippen LogP contribution in [0.4, 0.5) is 0 Å². The van der Waals surface area contributed by atoms with Crippen molar-refractivity contribution in [2.75, 3.05) is 0 Å². The second-order valence-electron chi connectivity index (χ2n) is 15.2. The number of halogens is 2. The van der Waals surface area contributed by atoms with Crippen LogP contribution in [0.2, 0.25) is 10.0 Å². The van der Waals surface area contributed by atoms with Gasteiger partial charge < -0.3 is 0 Å². The fourth-order valence-corrected chi connectivity index (χ4v) is 4.83. The van der Waals surface area contributed by atoms with Gasteiger partial charge in [-0.3, -0.25) is 0 Å². The molecule has 0 N–H and O–H groups in total. The first-order valence-electron chi connectivity index (χ1n) is 15.4. The lowest BCUT2D eigenvalue weighted by atomic mass is 9.79. The Morgan fingerprint density at radius 3 is 1.51 bits per heavy atom. The van der Waals surface area contributed by atoms with Crippen molar-refractivity contribution in [2.24, 2.45) is 22.2 Å². The highest BCUT2D eigenvalue weighted by Crippen LogP contribution is 2.31. The summed E-state index contributed by atoms with van der Waals surface area (Å²) in [6, 6.07) is 27.1. The predicted octanol–water partition coefficient (Wildman–Crippen LogP) is 13.5. The minimum absolute atomic E-state index is 0.375. The molecule has 0 bridgehead atoms. The Hall–Kier alpha value is -1.76. The molecule has 3 aromatic carbocycles. The molecule has 0 saturated carbocycles. The van der Waals surface area contributed by atoms with Gasteiger partial charge in [0.25, 0.3) is 0 Å². The first-order chi connectivity index (χ1) is 18.9. The van der Waals surface area contributed by atoms with Crippen LogP contribution in [0.1, 0.15) is 118 Å². The third kappa shape index (κ3) is 18.4. The Labute approximate surface area is 264 Å². The Morgan fingerprint density at radius 1 is 0.585 bits per heavy atom. The highest BCUT2D eigenvalue weighted by molar-refractivity contribution is 6.30. The highest BCUT2D eigenvalue weighted by atomic mass is 35.5. The number of benzene rings is 3. The average molecular weight is 598 g/mol. The molecule has 0 radical (unpaired) electrons. The topological polar surface area (TPSA) is 0 Å². The third-order valence-corrected chi connectivity index (χ3v) is 8.03. The molecule has 2 heteroatoms. The molecule has 3 rings (SSSR count). The molecule has 0 spiro atoms. The molecular weight excluding hydrogens is 539 g/mol. The predicted molar refractivity (Wildman–Crippen MR) is 187 cm³/mol. The van der Waals surface area contributed by atoms with Gasteiger partial charge in [0.1, 0.15) is 0 Å². The molecule has 41 heavy (non-hydrogen) atoms. The van der Waals surface area contributed by atoms with E-state index in [1.807, 2.05) is 24.3 Å². The number of hydrogen-bond donors (Lipinski definition) is 0. The summed E-state index contributed by atoms with van der Waals surface area (Å²) in [4.78, 5) is 0. The first-order valence-corrected chi connectivity index (χ1v) is 16.2. The van der Waals surface area contributed by atoms with Crippen LogP contribution in [0, 0.1) is 22.2 Å². The maximum Gasteiger partial charge on any atom is 0.0406 e. The van der Waals surface area contributed by atoms with Crippen molar-refractivity contribution in [3.05, 3.63) is 106 Å². The summed E-state index contributed by atoms with van der Waals surface area (Å²) < 4.78 is 0. The van der Waals surface area contributed by atoms with Crippen LogP contribution in [0.25, 0.3) is 0 Å². The summed E-state index contributed by atoms with van der Waals surface area (Å²) in [6.45, 7) is 25.2. The van der Waals surface area contributed by atoms with Crippen molar-refractivity contribution in [2.45, 2.75) is 114 Å². The standard InChI is InChI=1S/2C13H19Cl.C13H20/c1-10(9-13(2,3)4)11-5-7-12(14)8-6-11;1-10(13(2,3)4)9-11-5-7-12(14)8-6-11;1-13(2,3)11-7-10-12-8-5-4-6-9-12/h2*5-8,10H,9H2,1-4H3;4-6,8-9H,7,10-11H2,1-3H3. The van der Waals surface area contributed by atoms with E-state index in [0.717, 1.165) is 16.5 Å². The van der Waals surface area contributed by atoms with E-state index < -0.39 is 0 Å². The Kier molecular flexibility index (Phi) is 15.8. The van der Waals surface area contributed by atoms with Crippen molar-refractivity contribution in [1.82, 2.24) is 0 Å². The Balaban J connectivity index is 0.000000308. The molecule has 0 aromatic heterocycles. The molecule has 2 unspecified atom stereocenters. The van der Waals surface area contributed by atoms with Gasteiger partial charge in [0.15, 0.2) is 0 Å². The lowest BCUT2D eigenvalue weighted by Gasteiger charge is -2.27. The van der Waals surface area contributed by atoms with Crippen LogP contribution < -0.4 is 0 Å². The minimum Gasteiger partial charge on any atom is -0.0843 e. The van der Waals surface area contributed by atoms with Gasteiger partial charge >= 0.3 is 0 Å². The lowest BCUT2D eigenvalue weighted by molar-refractivity contribution is 0.260. The largest absolute Gasteiger partial charge is 0.0843 e. The van der Waals surface area contributed by atoms with Crippen LogP contribution >= 0.6 is 23.2 Å². The molecule has 0 aliphatic carbocycles. The zero-order chi connectivity index (χ0) is 31.3. The second kappa shape index (κ2) is 17.4. The van der Waals surface area contributed by atoms with E-state index in [4.69, 9.17) is 23.2 Å². The average Bonchev–Trinajstić information content (AvgIpc) is 2.85. The van der Waals surface area contributed by atoms with E-state index in [1.54, 1.807) is 0 Å². The number of hydrogen-bond acceptors (Lipinski definition) is 0. The molecular formula is C39H58Cl2. The minimum atomic E-state index is 0.375. The summed E-state index contributed by atoms with van der Waals surface area (Å²) >= 11 is 11.7. The quantitative estimate of drug-likeness (QED) is 0.254. The van der Waals surface area contributed by atoms with Gasteiger partial charge in [-0.25, -0.2) is 0 Å². The zero-order valence-corrected chi connectivity index (χ0v) is 29.5. The maximum atomic E-state index is 5.85. The number of rotatable bonds is 7. The van der Waals surface area contributed by atoms with Crippen molar-refractivity contribution in [3.63, 3.8) is 0 Å². The van der Waals surface area contributed by atoms with Crippen molar-refractivity contribution in [3.8, 4) is 0 Å². The molecule has 2 atom stereocenters. The number of aryl methyl sites for hydroxylation is 1. The van der Waals surface area contributed by atoms with E-state index >= 15 is 0 Å². The summed E-state index contributed by atoms with van der Waals surface area (Å²) in [6.07, 6.45) is 6.16. The van der Waals surface area contributed by atoms with E-state index in [-0.39, 0.29) is 0 Å². The lowest BCUT2D eigenvalue weighted by Crippen LogP contribution is -2.19. The van der Waals surface area contributed by atoms with Crippen LogP contribution in [0.15, 0.2) is 78.9 Å². The van der Waals surface area contributed by atoms with Gasteiger partial charge in [0, 0.05) is 10.0 Å². The van der Waals surface area contributed by atoms with Gasteiger partial charge in [0.05, 0.1) is 0 Å². The van der Waals surface area contributed by atoms with E-state index in [0.29, 0.717) is 28.1 Å². The van der Waals surface area contributed by atoms with Gasteiger partial charge in [-0.1, -0.05) is 154 Å². The molecule has 228 valence electrons. The normalized spacial score (nSPS) is 13.3. The molecule has 0 fully saturated rings. The molecule has 0 aliphatic heterocycles. The van der Waals surface area contributed by atoms with Crippen molar-refractivity contribution in [1.29, 1.82) is 0 Å². The molecule has 0 nitrogen and oxygen atoms in total. The third-order valence-electron chi connectivity index (χ3n) is 7.53. The monoisotopic (exact) mass is 596 g/mol. The summed E-state index contributed by atoms with van der Waals surface area (Å²) in [5, 5.41) is 1.63. The highest BCUT2D eigenvalue weighted by Gasteiger charge is 2.20. The van der Waals surface area contributed by atoms with Gasteiger partial charge in [0.2, 0.25) is 0 Å². The molecule has 0 saturated heterocycles. The summed E-state index contributed by atoms with van der Waals surface area (Å²) in [7, 11) is 0. The zero-order valence-electron chi connectivity index (χ0n) is 28.0. The van der Waals surface area contributed by atoms with Crippen molar-refractivity contribution < 1.29 is 0 Å². The fourth-order valence-electron chi connectivity index (χ4n) is 4.58. The smallest absolute Gasteiger partial charge is 0.0406 e. The molecule has 3 aromatic rings. The van der Waals surface area contributed by atoms with Crippen LogP contribution in [-0.4, -0.2) is 0 Å².